The number of hydrogen-bond acceptors (Lipinski definition) is 0. The molecule has 0 saturated carbocycles. The van der Waals surface area contributed by atoms with Gasteiger partial charge >= 0.3 is 6.18 Å². The van der Waals surface area contributed by atoms with Crippen molar-refractivity contribution in [1.82, 2.24) is 0 Å². The monoisotopic (exact) mass is 420 g/mol. The molecule has 0 saturated heterocycles. The molecule has 31 heavy (non-hydrogen) atoms. The van der Waals surface area contributed by atoms with Crippen molar-refractivity contribution in [3.8, 4) is 11.1 Å². The van der Waals surface area contributed by atoms with Crippen molar-refractivity contribution >= 4 is 21.5 Å². The molecule has 0 atom stereocenters. The van der Waals surface area contributed by atoms with Gasteiger partial charge in [-0.1, -0.05) is 87.2 Å². The largest absolute Gasteiger partial charge is 0.416 e. The normalized spacial score (nSPS) is 12.0. The van der Waals surface area contributed by atoms with Crippen LogP contribution in [-0.2, 0) is 12.6 Å². The van der Waals surface area contributed by atoms with Crippen LogP contribution >= 0.6 is 0 Å². The highest BCUT2D eigenvalue weighted by Gasteiger charge is 2.29. The molecule has 3 heteroatoms. The Balaban J connectivity index is 1.58. The van der Waals surface area contributed by atoms with Gasteiger partial charge in [0.2, 0.25) is 0 Å². The quantitative estimate of drug-likeness (QED) is 0.206. The number of aryl methyl sites for hydroxylation is 1. The van der Waals surface area contributed by atoms with Crippen molar-refractivity contribution in [3.05, 3.63) is 83.9 Å². The molecular weight excluding hydrogens is 393 g/mol. The first-order valence-electron chi connectivity index (χ1n) is 11.1. The van der Waals surface area contributed by atoms with Crippen molar-refractivity contribution in [3.63, 3.8) is 0 Å². The van der Waals surface area contributed by atoms with E-state index < -0.39 is 11.7 Å². The highest BCUT2D eigenvalue weighted by atomic mass is 19.4. The van der Waals surface area contributed by atoms with Crippen molar-refractivity contribution in [1.29, 1.82) is 0 Å². The molecule has 0 aromatic heterocycles. The van der Waals surface area contributed by atoms with Gasteiger partial charge in [-0.15, -0.1) is 0 Å². The summed E-state index contributed by atoms with van der Waals surface area (Å²) in [6.07, 6.45) is 3.23. The van der Waals surface area contributed by atoms with Gasteiger partial charge in [0.1, 0.15) is 0 Å². The Morgan fingerprint density at radius 3 is 1.90 bits per heavy atom. The molecule has 0 amide bonds. The van der Waals surface area contributed by atoms with E-state index in [2.05, 4.69) is 49.4 Å². The molecular formula is C28H27F3. The first-order valence-corrected chi connectivity index (χ1v) is 11.1. The Bertz CT molecular complexity index is 1170. The summed E-state index contributed by atoms with van der Waals surface area (Å²) in [7, 11) is 0. The first kappa shape index (κ1) is 21.4. The lowest BCUT2D eigenvalue weighted by atomic mass is 9.95. The lowest BCUT2D eigenvalue weighted by Crippen LogP contribution is -2.03. The van der Waals surface area contributed by atoms with Crippen LogP contribution in [-0.4, -0.2) is 0 Å². The second-order valence-electron chi connectivity index (χ2n) is 8.30. The van der Waals surface area contributed by atoms with Gasteiger partial charge in [0.05, 0.1) is 5.56 Å². The molecule has 0 aliphatic rings. The average Bonchev–Trinajstić information content (AvgIpc) is 2.78. The number of alkyl halides is 3. The molecule has 0 bridgehead atoms. The summed E-state index contributed by atoms with van der Waals surface area (Å²) in [6, 6.07) is 22.5. The Labute approximate surface area is 181 Å². The van der Waals surface area contributed by atoms with Crippen LogP contribution in [0.25, 0.3) is 32.7 Å². The summed E-state index contributed by atoms with van der Waals surface area (Å²) < 4.78 is 38.5. The SMILES string of the molecule is CCCCCCCc1ccc2c(ccc3cc(-c4ccc(C(F)(F)F)cc4)ccc32)c1. The highest BCUT2D eigenvalue weighted by molar-refractivity contribution is 6.08. The van der Waals surface area contributed by atoms with Gasteiger partial charge in [-0.25, -0.2) is 0 Å². The third-order valence-electron chi connectivity index (χ3n) is 6.01. The smallest absolute Gasteiger partial charge is 0.166 e. The second kappa shape index (κ2) is 9.13. The highest BCUT2D eigenvalue weighted by Crippen LogP contribution is 2.33. The topological polar surface area (TPSA) is 0 Å². The van der Waals surface area contributed by atoms with Gasteiger partial charge in [-0.3, -0.25) is 0 Å². The number of rotatable bonds is 7. The number of halogens is 3. The summed E-state index contributed by atoms with van der Waals surface area (Å²) in [4.78, 5) is 0. The fourth-order valence-electron chi connectivity index (χ4n) is 4.24. The van der Waals surface area contributed by atoms with Crippen LogP contribution in [0.4, 0.5) is 13.2 Å². The Kier molecular flexibility index (Phi) is 6.31. The van der Waals surface area contributed by atoms with Crippen LogP contribution in [0.3, 0.4) is 0 Å². The number of benzene rings is 4. The van der Waals surface area contributed by atoms with E-state index in [-0.39, 0.29) is 0 Å². The molecule has 0 nitrogen and oxygen atoms in total. The van der Waals surface area contributed by atoms with E-state index >= 15 is 0 Å². The summed E-state index contributed by atoms with van der Waals surface area (Å²) in [6.45, 7) is 2.24. The van der Waals surface area contributed by atoms with Crippen LogP contribution in [0.1, 0.15) is 50.2 Å². The molecule has 0 aliphatic carbocycles. The molecule has 0 heterocycles. The third kappa shape index (κ3) is 4.92. The molecule has 0 aliphatic heterocycles. The second-order valence-corrected chi connectivity index (χ2v) is 8.30. The van der Waals surface area contributed by atoms with E-state index in [4.69, 9.17) is 0 Å². The van der Waals surface area contributed by atoms with Gasteiger partial charge in [0, 0.05) is 0 Å². The maximum atomic E-state index is 12.8. The van der Waals surface area contributed by atoms with Crippen LogP contribution in [0.15, 0.2) is 72.8 Å². The van der Waals surface area contributed by atoms with Crippen molar-refractivity contribution in [2.24, 2.45) is 0 Å². The van der Waals surface area contributed by atoms with E-state index in [1.165, 1.54) is 66.0 Å². The van der Waals surface area contributed by atoms with Crippen molar-refractivity contribution in [2.45, 2.75) is 51.6 Å². The Hall–Kier alpha value is -2.81. The lowest BCUT2D eigenvalue weighted by molar-refractivity contribution is -0.137. The third-order valence-corrected chi connectivity index (χ3v) is 6.01. The molecule has 160 valence electrons. The van der Waals surface area contributed by atoms with E-state index in [1.54, 1.807) is 0 Å². The van der Waals surface area contributed by atoms with Gasteiger partial charge in [-0.05, 0) is 69.3 Å². The maximum Gasteiger partial charge on any atom is 0.416 e. The van der Waals surface area contributed by atoms with Crippen LogP contribution < -0.4 is 0 Å². The predicted octanol–water partition coefficient (Wildman–Crippen LogP) is 9.19. The zero-order chi connectivity index (χ0) is 21.8. The minimum atomic E-state index is -4.31. The molecule has 0 radical (unpaired) electrons. The van der Waals surface area contributed by atoms with Crippen LogP contribution in [0, 0.1) is 0 Å². The van der Waals surface area contributed by atoms with E-state index in [9.17, 15) is 13.2 Å². The van der Waals surface area contributed by atoms with Crippen molar-refractivity contribution < 1.29 is 13.2 Å². The van der Waals surface area contributed by atoms with E-state index in [0.717, 1.165) is 35.1 Å². The van der Waals surface area contributed by atoms with Gasteiger partial charge in [0.25, 0.3) is 0 Å². The summed E-state index contributed by atoms with van der Waals surface area (Å²) in [5, 5.41) is 4.71. The Morgan fingerprint density at radius 1 is 0.613 bits per heavy atom. The fraction of sp³-hybridized carbons (Fsp3) is 0.286. The minimum Gasteiger partial charge on any atom is -0.166 e. The number of unbranched alkanes of at least 4 members (excludes halogenated alkanes) is 4. The molecule has 0 N–H and O–H groups in total. The zero-order valence-electron chi connectivity index (χ0n) is 17.8. The summed E-state index contributed by atoms with van der Waals surface area (Å²) in [5.74, 6) is 0. The summed E-state index contributed by atoms with van der Waals surface area (Å²) >= 11 is 0. The molecule has 0 fully saturated rings. The van der Waals surface area contributed by atoms with Gasteiger partial charge < -0.3 is 0 Å². The number of fused-ring (bicyclic) bond motifs is 3. The average molecular weight is 421 g/mol. The Morgan fingerprint density at radius 2 is 1.23 bits per heavy atom. The fourth-order valence-corrected chi connectivity index (χ4v) is 4.24. The summed E-state index contributed by atoms with van der Waals surface area (Å²) in [5.41, 5.74) is 2.46. The molecule has 4 aromatic carbocycles. The molecule has 4 rings (SSSR count). The lowest BCUT2D eigenvalue weighted by Gasteiger charge is -2.10. The zero-order valence-corrected chi connectivity index (χ0v) is 17.8. The minimum absolute atomic E-state index is 0.621. The van der Waals surface area contributed by atoms with E-state index in [1.807, 2.05) is 6.07 Å². The molecule has 0 unspecified atom stereocenters. The van der Waals surface area contributed by atoms with Crippen molar-refractivity contribution in [2.75, 3.05) is 0 Å². The predicted molar refractivity (Wildman–Crippen MR) is 124 cm³/mol. The molecule has 0 spiro atoms. The maximum absolute atomic E-state index is 12.8. The van der Waals surface area contributed by atoms with E-state index in [0.29, 0.717) is 0 Å². The van der Waals surface area contributed by atoms with Crippen LogP contribution in [0.5, 0.6) is 0 Å². The van der Waals surface area contributed by atoms with Gasteiger partial charge in [-0.2, -0.15) is 13.2 Å². The van der Waals surface area contributed by atoms with Gasteiger partial charge in [0.15, 0.2) is 0 Å². The standard InChI is InChI=1S/C28H27F3/c1-2-3-4-5-6-7-20-8-16-26-23(18-20)9-10-24-19-22(13-17-27(24)26)21-11-14-25(15-12-21)28(29,30)31/h8-19H,2-7H2,1H3. The number of hydrogen-bond donors (Lipinski definition) is 0. The first-order chi connectivity index (χ1) is 15.0. The van der Waals surface area contributed by atoms with Crippen LogP contribution in [0.2, 0.25) is 0 Å². The molecule has 4 aromatic rings.